The molecule has 0 aliphatic carbocycles. The van der Waals surface area contributed by atoms with E-state index in [-0.39, 0.29) is 11.9 Å². The first-order valence-corrected chi connectivity index (χ1v) is 11.0. The summed E-state index contributed by atoms with van der Waals surface area (Å²) in [5, 5.41) is 8.19. The number of rotatable bonds is 5. The van der Waals surface area contributed by atoms with Gasteiger partial charge in [-0.25, -0.2) is 0 Å². The van der Waals surface area contributed by atoms with Crippen LogP contribution in [-0.4, -0.2) is 26.0 Å². The van der Waals surface area contributed by atoms with Crippen molar-refractivity contribution in [2.45, 2.75) is 32.4 Å². The average Bonchev–Trinajstić information content (AvgIpc) is 3.34. The Morgan fingerprint density at radius 3 is 2.47 bits per heavy atom. The molecule has 1 aliphatic rings. The zero-order chi connectivity index (χ0) is 22.2. The minimum absolute atomic E-state index is 0.0606. The predicted octanol–water partition coefficient (Wildman–Crippen LogP) is 5.99. The lowest BCUT2D eigenvalue weighted by atomic mass is 9.93. The number of H-pyrrole nitrogens is 1. The Labute approximate surface area is 192 Å². The molecule has 32 heavy (non-hydrogen) atoms. The third-order valence-electron chi connectivity index (χ3n) is 5.98. The highest BCUT2D eigenvalue weighted by molar-refractivity contribution is 6.30. The van der Waals surface area contributed by atoms with Crippen LogP contribution in [0.15, 0.2) is 73.1 Å². The summed E-state index contributed by atoms with van der Waals surface area (Å²) in [4.78, 5) is 19.6. The number of aromatic nitrogens is 3. The monoisotopic (exact) mass is 442 g/mol. The first-order valence-electron chi connectivity index (χ1n) is 10.7. The lowest BCUT2D eigenvalue weighted by Gasteiger charge is -2.26. The average molecular weight is 443 g/mol. The maximum Gasteiger partial charge on any atom is 0.273 e. The van der Waals surface area contributed by atoms with Crippen LogP contribution in [0.5, 0.6) is 0 Å². The number of amides is 1. The number of pyridine rings is 1. The number of fused-ring (bicyclic) bond motifs is 1. The maximum atomic E-state index is 13.5. The van der Waals surface area contributed by atoms with Gasteiger partial charge in [-0.2, -0.15) is 5.10 Å². The zero-order valence-corrected chi connectivity index (χ0v) is 18.7. The van der Waals surface area contributed by atoms with E-state index in [1.54, 1.807) is 12.4 Å². The highest BCUT2D eigenvalue weighted by Crippen LogP contribution is 2.43. The summed E-state index contributed by atoms with van der Waals surface area (Å²) < 4.78 is 0. The molecule has 160 valence electrons. The van der Waals surface area contributed by atoms with Crippen LogP contribution in [0.25, 0.3) is 11.3 Å². The SMILES string of the molecule is CC(C)c1ccc(C2c3c(-c4ccc(Cl)cc4)n[nH]c3C(=O)N2Cc2cccnc2)cc1. The molecule has 0 fully saturated rings. The molecule has 6 heteroatoms. The molecule has 0 radical (unpaired) electrons. The molecule has 0 saturated carbocycles. The Hall–Kier alpha value is -3.44. The maximum absolute atomic E-state index is 13.5. The number of nitrogens with zero attached hydrogens (tertiary/aromatic N) is 3. The Morgan fingerprint density at radius 1 is 1.06 bits per heavy atom. The summed E-state index contributed by atoms with van der Waals surface area (Å²) >= 11 is 6.10. The minimum Gasteiger partial charge on any atom is -0.322 e. The van der Waals surface area contributed by atoms with Crippen molar-refractivity contribution in [3.05, 3.63) is 106 Å². The molecule has 0 saturated heterocycles. The number of hydrogen-bond acceptors (Lipinski definition) is 3. The third-order valence-corrected chi connectivity index (χ3v) is 6.23. The van der Waals surface area contributed by atoms with E-state index in [0.717, 1.165) is 27.9 Å². The molecule has 2 aromatic heterocycles. The van der Waals surface area contributed by atoms with Crippen molar-refractivity contribution in [1.82, 2.24) is 20.1 Å². The van der Waals surface area contributed by atoms with Crippen molar-refractivity contribution >= 4 is 17.5 Å². The van der Waals surface area contributed by atoms with E-state index < -0.39 is 0 Å². The fraction of sp³-hybridized carbons (Fsp3) is 0.192. The molecule has 1 N–H and O–H groups in total. The second kappa shape index (κ2) is 8.24. The quantitative estimate of drug-likeness (QED) is 0.412. The highest BCUT2D eigenvalue weighted by Gasteiger charge is 2.42. The standard InChI is InChI=1S/C26H23ClN4O/c1-16(2)18-5-7-20(8-6-18)25-22-23(19-9-11-21(27)12-10-19)29-30-24(22)26(32)31(25)15-17-4-3-13-28-14-17/h3-14,16,25H,15H2,1-2H3,(H,29,30). The minimum atomic E-state index is -0.247. The van der Waals surface area contributed by atoms with Crippen LogP contribution in [0, 0.1) is 0 Å². The molecule has 5 nitrogen and oxygen atoms in total. The van der Waals surface area contributed by atoms with E-state index in [2.05, 4.69) is 53.3 Å². The van der Waals surface area contributed by atoms with Gasteiger partial charge in [0.2, 0.25) is 0 Å². The Bertz CT molecular complexity index is 1250. The van der Waals surface area contributed by atoms with E-state index >= 15 is 0 Å². The van der Waals surface area contributed by atoms with E-state index in [1.165, 1.54) is 5.56 Å². The number of carbonyl (C=O) groups excluding carboxylic acids is 1. The number of halogens is 1. The van der Waals surface area contributed by atoms with E-state index in [9.17, 15) is 4.79 Å². The van der Waals surface area contributed by atoms with Gasteiger partial charge in [0.05, 0.1) is 11.7 Å². The largest absolute Gasteiger partial charge is 0.322 e. The zero-order valence-electron chi connectivity index (χ0n) is 17.9. The number of aromatic amines is 1. The molecule has 1 unspecified atom stereocenters. The van der Waals surface area contributed by atoms with Crippen LogP contribution in [0.1, 0.15) is 58.5 Å². The van der Waals surface area contributed by atoms with E-state index in [0.29, 0.717) is 23.2 Å². The summed E-state index contributed by atoms with van der Waals surface area (Å²) in [6.07, 6.45) is 3.54. The van der Waals surface area contributed by atoms with Crippen LogP contribution in [0.3, 0.4) is 0 Å². The van der Waals surface area contributed by atoms with Crippen molar-refractivity contribution in [3.63, 3.8) is 0 Å². The topological polar surface area (TPSA) is 61.9 Å². The van der Waals surface area contributed by atoms with Gasteiger partial charge in [0.15, 0.2) is 0 Å². The smallest absolute Gasteiger partial charge is 0.273 e. The lowest BCUT2D eigenvalue weighted by Crippen LogP contribution is -2.29. The summed E-state index contributed by atoms with van der Waals surface area (Å²) in [5.41, 5.74) is 6.44. The van der Waals surface area contributed by atoms with Crippen LogP contribution >= 0.6 is 11.6 Å². The second-order valence-electron chi connectivity index (χ2n) is 8.39. The highest BCUT2D eigenvalue weighted by atomic mass is 35.5. The van der Waals surface area contributed by atoms with Gasteiger partial charge < -0.3 is 4.90 Å². The van der Waals surface area contributed by atoms with Gasteiger partial charge in [-0.05, 0) is 40.8 Å². The summed E-state index contributed by atoms with van der Waals surface area (Å²) in [6.45, 7) is 4.82. The fourth-order valence-corrected chi connectivity index (χ4v) is 4.41. The fourth-order valence-electron chi connectivity index (χ4n) is 4.29. The van der Waals surface area contributed by atoms with Crippen LogP contribution < -0.4 is 0 Å². The van der Waals surface area contributed by atoms with Gasteiger partial charge in [-0.15, -0.1) is 0 Å². The predicted molar refractivity (Wildman–Crippen MR) is 126 cm³/mol. The summed E-state index contributed by atoms with van der Waals surface area (Å²) in [5.74, 6) is 0.379. The van der Waals surface area contributed by atoms with Gasteiger partial charge in [0, 0.05) is 35.1 Å². The van der Waals surface area contributed by atoms with Crippen molar-refractivity contribution in [2.75, 3.05) is 0 Å². The molecular weight excluding hydrogens is 420 g/mol. The first kappa shape index (κ1) is 20.5. The first-order chi connectivity index (χ1) is 15.5. The molecule has 2 aromatic carbocycles. The van der Waals surface area contributed by atoms with E-state index in [4.69, 9.17) is 11.6 Å². The normalized spacial score (nSPS) is 15.4. The molecule has 4 aromatic rings. The van der Waals surface area contributed by atoms with Crippen molar-refractivity contribution < 1.29 is 4.79 Å². The Kier molecular flexibility index (Phi) is 5.27. The molecule has 0 bridgehead atoms. The van der Waals surface area contributed by atoms with Gasteiger partial charge in [-0.1, -0.05) is 67.9 Å². The number of hydrogen-bond donors (Lipinski definition) is 1. The number of nitrogens with one attached hydrogen (secondary N) is 1. The molecule has 5 rings (SSSR count). The van der Waals surface area contributed by atoms with Gasteiger partial charge >= 0.3 is 0 Å². The van der Waals surface area contributed by atoms with E-state index in [1.807, 2.05) is 41.3 Å². The summed E-state index contributed by atoms with van der Waals surface area (Å²) in [7, 11) is 0. The molecule has 3 heterocycles. The van der Waals surface area contributed by atoms with Crippen molar-refractivity contribution in [3.8, 4) is 11.3 Å². The lowest BCUT2D eigenvalue weighted by molar-refractivity contribution is 0.0730. The molecule has 0 spiro atoms. The van der Waals surface area contributed by atoms with Gasteiger partial charge in [-0.3, -0.25) is 14.9 Å². The third kappa shape index (κ3) is 3.59. The molecule has 1 amide bonds. The van der Waals surface area contributed by atoms with Crippen LogP contribution in [0.2, 0.25) is 5.02 Å². The number of carbonyl (C=O) groups is 1. The molecular formula is C26H23ClN4O. The van der Waals surface area contributed by atoms with Crippen molar-refractivity contribution in [2.24, 2.45) is 0 Å². The van der Waals surface area contributed by atoms with Crippen molar-refractivity contribution in [1.29, 1.82) is 0 Å². The second-order valence-corrected chi connectivity index (χ2v) is 8.82. The Balaban J connectivity index is 1.63. The van der Waals surface area contributed by atoms with Gasteiger partial charge in [0.1, 0.15) is 5.69 Å². The Morgan fingerprint density at radius 2 is 1.81 bits per heavy atom. The number of benzene rings is 2. The summed E-state index contributed by atoms with van der Waals surface area (Å²) in [6, 6.07) is 19.7. The molecule has 1 atom stereocenters. The van der Waals surface area contributed by atoms with Gasteiger partial charge in [0.25, 0.3) is 5.91 Å². The van der Waals surface area contributed by atoms with Crippen LogP contribution in [-0.2, 0) is 6.54 Å². The molecule has 1 aliphatic heterocycles. The van der Waals surface area contributed by atoms with Crippen LogP contribution in [0.4, 0.5) is 0 Å².